The molecule has 1 atom stereocenters. The second kappa shape index (κ2) is 9.75. The van der Waals surface area contributed by atoms with E-state index >= 15 is 0 Å². The molecule has 0 heterocycles. The van der Waals surface area contributed by atoms with Gasteiger partial charge in [-0.3, -0.25) is 4.79 Å². The smallest absolute Gasteiger partial charge is 0.307 e. The van der Waals surface area contributed by atoms with Crippen molar-refractivity contribution in [1.29, 1.82) is 0 Å². The highest BCUT2D eigenvalue weighted by Crippen LogP contribution is 2.37. The van der Waals surface area contributed by atoms with E-state index in [0.717, 1.165) is 32.7 Å². The number of aryl methyl sites for hydroxylation is 1. The minimum atomic E-state index is -2.12. The summed E-state index contributed by atoms with van der Waals surface area (Å²) in [4.78, 5) is 13.9. The second-order valence-electron chi connectivity index (χ2n) is 10.3. The first-order valence-corrected chi connectivity index (χ1v) is 15.7. The quantitative estimate of drug-likeness (QED) is 0.179. The molecule has 0 aliphatic heterocycles. The van der Waals surface area contributed by atoms with Crippen molar-refractivity contribution in [2.24, 2.45) is 0 Å². The molecular weight excluding hydrogens is 456 g/mol. The van der Waals surface area contributed by atoms with Gasteiger partial charge in [0.15, 0.2) is 6.10 Å². The van der Waals surface area contributed by atoms with E-state index in [9.17, 15) is 4.79 Å². The molecule has 0 radical (unpaired) electrons. The molecular formula is C33H32O2Si. The molecule has 0 amide bonds. The number of ether oxygens (including phenoxy) is 1. The Kier molecular flexibility index (Phi) is 6.51. The number of rotatable bonds is 6. The average molecular weight is 489 g/mol. The van der Waals surface area contributed by atoms with Crippen molar-refractivity contribution in [3.05, 3.63) is 126 Å². The number of hydrogen-bond donors (Lipinski definition) is 0. The largest absolute Gasteiger partial charge is 0.452 e. The summed E-state index contributed by atoms with van der Waals surface area (Å²) in [7, 11) is -2.12. The molecule has 0 aliphatic rings. The standard InChI is InChI=1S/C33H32O2Si/c1-23-19-21-27(22-20-23)36(3,4)24(2)33(34)35-32(30-17-9-13-25-11-5-7-15-28(25)30)31-18-10-14-26-12-6-8-16-29(26)31/h5-22,24,32H,1-4H3. The Labute approximate surface area is 214 Å². The van der Waals surface area contributed by atoms with Crippen LogP contribution in [0.3, 0.4) is 0 Å². The molecule has 0 saturated heterocycles. The third-order valence-electron chi connectivity index (χ3n) is 7.68. The average Bonchev–Trinajstić information content (AvgIpc) is 2.91. The van der Waals surface area contributed by atoms with Gasteiger partial charge in [-0.1, -0.05) is 140 Å². The molecule has 0 N–H and O–H groups in total. The summed E-state index contributed by atoms with van der Waals surface area (Å²) in [6.45, 7) is 8.65. The summed E-state index contributed by atoms with van der Waals surface area (Å²) < 4.78 is 6.53. The molecule has 36 heavy (non-hydrogen) atoms. The van der Waals surface area contributed by atoms with Crippen LogP contribution in [0.15, 0.2) is 109 Å². The van der Waals surface area contributed by atoms with Crippen molar-refractivity contribution in [3.8, 4) is 0 Å². The maximum Gasteiger partial charge on any atom is 0.307 e. The number of hydrogen-bond acceptors (Lipinski definition) is 2. The molecule has 0 aromatic heterocycles. The van der Waals surface area contributed by atoms with E-state index in [-0.39, 0.29) is 11.5 Å². The minimum Gasteiger partial charge on any atom is -0.452 e. The molecule has 180 valence electrons. The third-order valence-corrected chi connectivity index (χ3v) is 11.9. The van der Waals surface area contributed by atoms with E-state index in [4.69, 9.17) is 4.74 Å². The number of benzene rings is 5. The van der Waals surface area contributed by atoms with Crippen LogP contribution in [0.1, 0.15) is 29.7 Å². The Hall–Kier alpha value is -3.69. The van der Waals surface area contributed by atoms with Crippen LogP contribution in [0.25, 0.3) is 21.5 Å². The third kappa shape index (κ3) is 4.47. The zero-order valence-corrected chi connectivity index (χ0v) is 22.4. The predicted octanol–water partition coefficient (Wildman–Crippen LogP) is 7.94. The molecule has 0 spiro atoms. The van der Waals surface area contributed by atoms with Gasteiger partial charge in [0.25, 0.3) is 0 Å². The fraction of sp³-hybridized carbons (Fsp3) is 0.182. The van der Waals surface area contributed by atoms with Gasteiger partial charge in [0.05, 0.1) is 13.6 Å². The van der Waals surface area contributed by atoms with Gasteiger partial charge in [-0.2, -0.15) is 0 Å². The highest BCUT2D eigenvalue weighted by molar-refractivity contribution is 6.93. The molecule has 0 aliphatic carbocycles. The Morgan fingerprint density at radius 3 is 1.67 bits per heavy atom. The maximum absolute atomic E-state index is 13.9. The maximum atomic E-state index is 13.9. The van der Waals surface area contributed by atoms with Gasteiger partial charge in [0.2, 0.25) is 0 Å². The monoisotopic (exact) mass is 488 g/mol. The van der Waals surface area contributed by atoms with Crippen molar-refractivity contribution >= 4 is 40.8 Å². The van der Waals surface area contributed by atoms with E-state index in [0.29, 0.717) is 0 Å². The lowest BCUT2D eigenvalue weighted by Gasteiger charge is -2.31. The van der Waals surface area contributed by atoms with Crippen molar-refractivity contribution in [2.75, 3.05) is 0 Å². The van der Waals surface area contributed by atoms with E-state index in [1.807, 2.05) is 31.2 Å². The van der Waals surface area contributed by atoms with Crippen LogP contribution in [-0.2, 0) is 9.53 Å². The van der Waals surface area contributed by atoms with Crippen molar-refractivity contribution in [3.63, 3.8) is 0 Å². The van der Waals surface area contributed by atoms with Crippen LogP contribution >= 0.6 is 0 Å². The number of fused-ring (bicyclic) bond motifs is 2. The van der Waals surface area contributed by atoms with Gasteiger partial charge in [0.1, 0.15) is 0 Å². The van der Waals surface area contributed by atoms with E-state index < -0.39 is 14.2 Å². The van der Waals surface area contributed by atoms with Gasteiger partial charge >= 0.3 is 5.97 Å². The van der Waals surface area contributed by atoms with E-state index in [1.165, 1.54) is 10.8 Å². The van der Waals surface area contributed by atoms with E-state index in [2.05, 4.69) is 105 Å². The molecule has 1 unspecified atom stereocenters. The SMILES string of the molecule is Cc1ccc([Si](C)(C)C(C)C(=O)OC(c2cccc3ccccc23)c2cccc3ccccc23)cc1. The zero-order chi connectivity index (χ0) is 25.3. The molecule has 5 aromatic carbocycles. The van der Waals surface area contributed by atoms with Crippen molar-refractivity contribution in [1.82, 2.24) is 0 Å². The van der Waals surface area contributed by atoms with Crippen LogP contribution < -0.4 is 5.19 Å². The predicted molar refractivity (Wildman–Crippen MR) is 154 cm³/mol. The van der Waals surface area contributed by atoms with Gasteiger partial charge < -0.3 is 4.74 Å². The molecule has 0 saturated carbocycles. The highest BCUT2D eigenvalue weighted by atomic mass is 28.3. The summed E-state index contributed by atoms with van der Waals surface area (Å²) in [5.74, 6) is -0.141. The first kappa shape index (κ1) is 24.0. The fourth-order valence-electron chi connectivity index (χ4n) is 5.00. The first-order chi connectivity index (χ1) is 17.4. The van der Waals surface area contributed by atoms with Crippen LogP contribution in [0.2, 0.25) is 18.6 Å². The molecule has 3 heteroatoms. The fourth-order valence-corrected chi connectivity index (χ4v) is 7.18. The minimum absolute atomic E-state index is 0.141. The second-order valence-corrected chi connectivity index (χ2v) is 15.1. The summed E-state index contributed by atoms with van der Waals surface area (Å²) >= 11 is 0. The highest BCUT2D eigenvalue weighted by Gasteiger charge is 2.38. The zero-order valence-electron chi connectivity index (χ0n) is 21.4. The van der Waals surface area contributed by atoms with Gasteiger partial charge in [-0.25, -0.2) is 0 Å². The number of esters is 1. The van der Waals surface area contributed by atoms with Gasteiger partial charge in [-0.15, -0.1) is 0 Å². The number of carbonyl (C=O) groups excluding carboxylic acids is 1. The lowest BCUT2D eigenvalue weighted by atomic mass is 9.92. The summed E-state index contributed by atoms with van der Waals surface area (Å²) in [6, 6.07) is 37.8. The number of carbonyl (C=O) groups is 1. The topological polar surface area (TPSA) is 26.3 Å². The summed E-state index contributed by atoms with van der Waals surface area (Å²) in [6.07, 6.45) is -0.500. The Morgan fingerprint density at radius 1 is 0.667 bits per heavy atom. The van der Waals surface area contributed by atoms with Crippen LogP contribution in [0.4, 0.5) is 0 Å². The first-order valence-electron chi connectivity index (χ1n) is 12.6. The molecule has 5 rings (SSSR count). The molecule has 0 fully saturated rings. The lowest BCUT2D eigenvalue weighted by Crippen LogP contribution is -2.48. The molecule has 0 bridgehead atoms. The van der Waals surface area contributed by atoms with Crippen LogP contribution in [0, 0.1) is 6.92 Å². The lowest BCUT2D eigenvalue weighted by molar-refractivity contribution is -0.147. The Bertz CT molecular complexity index is 1450. The normalized spacial score (nSPS) is 12.7. The molecule has 5 aromatic rings. The van der Waals surface area contributed by atoms with Crippen LogP contribution in [0.5, 0.6) is 0 Å². The Balaban J connectivity index is 1.60. The van der Waals surface area contributed by atoms with Gasteiger partial charge in [0, 0.05) is 11.1 Å². The van der Waals surface area contributed by atoms with E-state index in [1.54, 1.807) is 0 Å². The Morgan fingerprint density at radius 2 is 1.14 bits per heavy atom. The molecule has 2 nitrogen and oxygen atoms in total. The summed E-state index contributed by atoms with van der Waals surface area (Å²) in [5, 5.41) is 5.75. The van der Waals surface area contributed by atoms with Gasteiger partial charge in [-0.05, 0) is 28.5 Å². The van der Waals surface area contributed by atoms with Crippen molar-refractivity contribution < 1.29 is 9.53 Å². The van der Waals surface area contributed by atoms with Crippen LogP contribution in [-0.4, -0.2) is 14.0 Å². The van der Waals surface area contributed by atoms with Crippen molar-refractivity contribution in [2.45, 2.75) is 38.6 Å². The summed E-state index contributed by atoms with van der Waals surface area (Å²) in [5.41, 5.74) is 3.05.